The number of anilines is 1. The maximum Gasteiger partial charge on any atom is 0.413 e. The number of fused-ring (bicyclic) bond motifs is 1. The molecular formula is C14H19N3O2. The highest BCUT2D eigenvalue weighted by Crippen LogP contribution is 2.17. The summed E-state index contributed by atoms with van der Waals surface area (Å²) in [7, 11) is 0. The monoisotopic (exact) mass is 261 g/mol. The first-order chi connectivity index (χ1) is 9.22. The second-order valence-corrected chi connectivity index (χ2v) is 4.39. The molecule has 0 spiro atoms. The number of imidazole rings is 1. The van der Waals surface area contributed by atoms with Crippen LogP contribution in [0.25, 0.3) is 11.0 Å². The Bertz CT molecular complexity index is 563. The maximum atomic E-state index is 11.3. The molecule has 0 aliphatic heterocycles. The number of H-pyrrole nitrogens is 1. The Morgan fingerprint density at radius 3 is 3.00 bits per heavy atom. The normalized spacial score (nSPS) is 10.6. The van der Waals surface area contributed by atoms with Gasteiger partial charge < -0.3 is 9.72 Å². The molecular weight excluding hydrogens is 242 g/mol. The maximum absolute atomic E-state index is 11.3. The van der Waals surface area contributed by atoms with Gasteiger partial charge in [0.05, 0.1) is 17.6 Å². The summed E-state index contributed by atoms with van der Waals surface area (Å²) in [4.78, 5) is 18.7. The van der Waals surface area contributed by atoms with Crippen LogP contribution < -0.4 is 5.32 Å². The Balaban J connectivity index is 2.13. The Labute approximate surface area is 112 Å². The van der Waals surface area contributed by atoms with E-state index in [1.165, 1.54) is 18.4 Å². The number of nitrogens with one attached hydrogen (secondary N) is 2. The van der Waals surface area contributed by atoms with E-state index in [-0.39, 0.29) is 0 Å². The number of carbonyl (C=O) groups excluding carboxylic acids is 1. The van der Waals surface area contributed by atoms with Crippen LogP contribution in [-0.4, -0.2) is 22.7 Å². The molecule has 1 amide bonds. The van der Waals surface area contributed by atoms with E-state index in [9.17, 15) is 4.79 Å². The van der Waals surface area contributed by atoms with Crippen LogP contribution in [0.3, 0.4) is 0 Å². The highest BCUT2D eigenvalue weighted by molar-refractivity contribution is 5.86. The van der Waals surface area contributed by atoms with Gasteiger partial charge in [0.1, 0.15) is 0 Å². The minimum atomic E-state index is -0.493. The second-order valence-electron chi connectivity index (χ2n) is 4.39. The average molecular weight is 261 g/mol. The van der Waals surface area contributed by atoms with Gasteiger partial charge in [0, 0.05) is 0 Å². The Hall–Kier alpha value is -2.04. The lowest BCUT2D eigenvalue weighted by Gasteiger charge is -2.00. The molecule has 0 radical (unpaired) electrons. The van der Waals surface area contributed by atoms with Crippen molar-refractivity contribution in [1.82, 2.24) is 9.97 Å². The SMILES string of the molecule is CCCCc1ccc2nc(NC(=O)OCC)[nH]c2c1. The number of ether oxygens (including phenoxy) is 1. The molecule has 19 heavy (non-hydrogen) atoms. The van der Waals surface area contributed by atoms with Crippen LogP contribution in [0.15, 0.2) is 18.2 Å². The number of aryl methyl sites for hydroxylation is 1. The first-order valence-corrected chi connectivity index (χ1v) is 6.65. The summed E-state index contributed by atoms with van der Waals surface area (Å²) in [6.07, 6.45) is 2.92. The average Bonchev–Trinajstić information content (AvgIpc) is 2.77. The van der Waals surface area contributed by atoms with E-state index in [1.54, 1.807) is 6.92 Å². The molecule has 0 bridgehead atoms. The quantitative estimate of drug-likeness (QED) is 0.866. The van der Waals surface area contributed by atoms with Crippen molar-refractivity contribution in [3.8, 4) is 0 Å². The third-order valence-corrected chi connectivity index (χ3v) is 2.86. The first-order valence-electron chi connectivity index (χ1n) is 6.65. The van der Waals surface area contributed by atoms with Gasteiger partial charge in [-0.05, 0) is 37.5 Å². The fourth-order valence-electron chi connectivity index (χ4n) is 1.92. The molecule has 0 saturated heterocycles. The standard InChI is InChI=1S/C14H19N3O2/c1-3-5-6-10-7-8-11-12(9-10)16-13(15-11)17-14(18)19-4-2/h7-9H,3-6H2,1-2H3,(H2,15,16,17,18). The minimum absolute atomic E-state index is 0.341. The van der Waals surface area contributed by atoms with Gasteiger partial charge in [-0.25, -0.2) is 9.78 Å². The predicted octanol–water partition coefficient (Wildman–Crippen LogP) is 3.47. The molecule has 0 saturated carbocycles. The van der Waals surface area contributed by atoms with Crippen molar-refractivity contribution in [3.05, 3.63) is 23.8 Å². The lowest BCUT2D eigenvalue weighted by molar-refractivity contribution is 0.167. The van der Waals surface area contributed by atoms with E-state index in [1.807, 2.05) is 6.07 Å². The van der Waals surface area contributed by atoms with Crippen molar-refractivity contribution in [2.45, 2.75) is 33.1 Å². The van der Waals surface area contributed by atoms with E-state index < -0.39 is 6.09 Å². The van der Waals surface area contributed by atoms with Crippen molar-refractivity contribution in [1.29, 1.82) is 0 Å². The van der Waals surface area contributed by atoms with Crippen molar-refractivity contribution in [2.75, 3.05) is 11.9 Å². The molecule has 5 heteroatoms. The molecule has 0 unspecified atom stereocenters. The van der Waals surface area contributed by atoms with Gasteiger partial charge in [-0.3, -0.25) is 5.32 Å². The molecule has 1 aromatic heterocycles. The predicted molar refractivity (Wildman–Crippen MR) is 75.4 cm³/mol. The van der Waals surface area contributed by atoms with Gasteiger partial charge in [0.25, 0.3) is 0 Å². The van der Waals surface area contributed by atoms with Crippen molar-refractivity contribution < 1.29 is 9.53 Å². The lowest BCUT2D eigenvalue weighted by atomic mass is 10.1. The third kappa shape index (κ3) is 3.47. The summed E-state index contributed by atoms with van der Waals surface area (Å²) in [5.74, 6) is 0.418. The number of hydrogen-bond donors (Lipinski definition) is 2. The fourth-order valence-corrected chi connectivity index (χ4v) is 1.92. The second kappa shape index (κ2) is 6.22. The molecule has 5 nitrogen and oxygen atoms in total. The minimum Gasteiger partial charge on any atom is -0.450 e. The number of aromatic nitrogens is 2. The molecule has 102 valence electrons. The summed E-state index contributed by atoms with van der Waals surface area (Å²) < 4.78 is 4.81. The van der Waals surface area contributed by atoms with Crippen LogP contribution in [-0.2, 0) is 11.2 Å². The smallest absolute Gasteiger partial charge is 0.413 e. The van der Waals surface area contributed by atoms with Crippen LogP contribution in [0.2, 0.25) is 0 Å². The zero-order chi connectivity index (χ0) is 13.7. The van der Waals surface area contributed by atoms with Crippen molar-refractivity contribution >= 4 is 23.1 Å². The summed E-state index contributed by atoms with van der Waals surface area (Å²) >= 11 is 0. The summed E-state index contributed by atoms with van der Waals surface area (Å²) in [6.45, 7) is 4.28. The van der Waals surface area contributed by atoms with Crippen molar-refractivity contribution in [3.63, 3.8) is 0 Å². The largest absolute Gasteiger partial charge is 0.450 e. The highest BCUT2D eigenvalue weighted by atomic mass is 16.5. The summed E-state index contributed by atoms with van der Waals surface area (Å²) in [5.41, 5.74) is 3.05. The number of hydrogen-bond acceptors (Lipinski definition) is 3. The lowest BCUT2D eigenvalue weighted by Crippen LogP contribution is -2.14. The zero-order valence-corrected chi connectivity index (χ0v) is 11.3. The Kier molecular flexibility index (Phi) is 4.39. The van der Waals surface area contributed by atoms with Gasteiger partial charge >= 0.3 is 6.09 Å². The molecule has 1 aromatic carbocycles. The number of carbonyl (C=O) groups is 1. The van der Waals surface area contributed by atoms with Crippen LogP contribution in [0, 0.1) is 0 Å². The van der Waals surface area contributed by atoms with E-state index in [0.29, 0.717) is 12.6 Å². The number of benzene rings is 1. The van der Waals surface area contributed by atoms with Crippen LogP contribution in [0.1, 0.15) is 32.3 Å². The van der Waals surface area contributed by atoms with E-state index in [2.05, 4.69) is 34.3 Å². The van der Waals surface area contributed by atoms with Gasteiger partial charge in [-0.2, -0.15) is 0 Å². The Morgan fingerprint density at radius 2 is 2.26 bits per heavy atom. The molecule has 2 aromatic rings. The molecule has 2 rings (SSSR count). The molecule has 0 atom stereocenters. The molecule has 2 N–H and O–H groups in total. The van der Waals surface area contributed by atoms with E-state index in [0.717, 1.165) is 17.5 Å². The van der Waals surface area contributed by atoms with Gasteiger partial charge in [-0.15, -0.1) is 0 Å². The zero-order valence-electron chi connectivity index (χ0n) is 11.3. The third-order valence-electron chi connectivity index (χ3n) is 2.86. The van der Waals surface area contributed by atoms with E-state index in [4.69, 9.17) is 4.74 Å². The van der Waals surface area contributed by atoms with Crippen LogP contribution in [0.5, 0.6) is 0 Å². The van der Waals surface area contributed by atoms with Gasteiger partial charge in [0.15, 0.2) is 0 Å². The number of nitrogens with zero attached hydrogens (tertiary/aromatic N) is 1. The van der Waals surface area contributed by atoms with Crippen LogP contribution >= 0.6 is 0 Å². The van der Waals surface area contributed by atoms with E-state index >= 15 is 0 Å². The van der Waals surface area contributed by atoms with Crippen molar-refractivity contribution in [2.24, 2.45) is 0 Å². The molecule has 0 aliphatic rings. The Morgan fingerprint density at radius 1 is 1.42 bits per heavy atom. The van der Waals surface area contributed by atoms with Gasteiger partial charge in [0.2, 0.25) is 5.95 Å². The fraction of sp³-hybridized carbons (Fsp3) is 0.429. The number of aromatic amines is 1. The first kappa shape index (κ1) is 13.4. The number of unbranched alkanes of at least 4 members (excludes halogenated alkanes) is 1. The summed E-state index contributed by atoms with van der Waals surface area (Å²) in [6, 6.07) is 6.12. The molecule has 1 heterocycles. The molecule has 0 aliphatic carbocycles. The van der Waals surface area contributed by atoms with Gasteiger partial charge in [-0.1, -0.05) is 19.4 Å². The van der Waals surface area contributed by atoms with Crippen LogP contribution in [0.4, 0.5) is 10.7 Å². The topological polar surface area (TPSA) is 67.0 Å². The summed E-state index contributed by atoms with van der Waals surface area (Å²) in [5, 5.41) is 2.57. The number of amides is 1. The highest BCUT2D eigenvalue weighted by Gasteiger charge is 2.07. The molecule has 0 fully saturated rings. The number of rotatable bonds is 5.